The van der Waals surface area contributed by atoms with Crippen LogP contribution in [0.15, 0.2) is 48.5 Å². The third kappa shape index (κ3) is 5.06. The molecule has 3 rings (SSSR count). The maximum absolute atomic E-state index is 12.5. The molecule has 0 saturated heterocycles. The Kier molecular flexibility index (Phi) is 6.21. The molecule has 2 amide bonds. The molecule has 1 aliphatic rings. The van der Waals surface area contributed by atoms with Gasteiger partial charge in [0.05, 0.1) is 16.2 Å². The lowest BCUT2D eigenvalue weighted by Gasteiger charge is -2.15. The van der Waals surface area contributed by atoms with Crippen LogP contribution in [0.25, 0.3) is 0 Å². The quantitative estimate of drug-likeness (QED) is 0.563. The number of anilines is 1. The largest absolute Gasteiger partial charge is 0.484 e. The topological polar surface area (TPSA) is 111 Å². The van der Waals surface area contributed by atoms with Gasteiger partial charge >= 0.3 is 0 Å². The van der Waals surface area contributed by atoms with Crippen molar-refractivity contribution in [1.82, 2.24) is 5.32 Å². The first-order valence-corrected chi connectivity index (χ1v) is 9.10. The summed E-state index contributed by atoms with van der Waals surface area (Å²) < 4.78 is 5.35. The smallest absolute Gasteiger partial charge is 0.269 e. The summed E-state index contributed by atoms with van der Waals surface area (Å²) in [7, 11) is 0. The molecular weight excluding hydrogens is 362 g/mol. The summed E-state index contributed by atoms with van der Waals surface area (Å²) in [5.74, 6) is -0.299. The Morgan fingerprint density at radius 2 is 1.75 bits per heavy atom. The second kappa shape index (κ2) is 8.98. The summed E-state index contributed by atoms with van der Waals surface area (Å²) in [5.41, 5.74) is 0.757. The van der Waals surface area contributed by atoms with E-state index in [1.807, 2.05) is 0 Å². The monoisotopic (exact) mass is 383 g/mol. The average Bonchev–Trinajstić information content (AvgIpc) is 3.20. The van der Waals surface area contributed by atoms with Gasteiger partial charge in [-0.3, -0.25) is 19.7 Å². The number of para-hydroxylation sites is 1. The molecule has 2 aromatic carbocycles. The Morgan fingerprint density at radius 3 is 2.43 bits per heavy atom. The molecule has 1 saturated carbocycles. The molecule has 0 bridgehead atoms. The van der Waals surface area contributed by atoms with Gasteiger partial charge in [-0.25, -0.2) is 0 Å². The van der Waals surface area contributed by atoms with E-state index in [2.05, 4.69) is 10.6 Å². The lowest BCUT2D eigenvalue weighted by atomic mass is 10.1. The molecule has 1 fully saturated rings. The molecule has 2 aromatic rings. The van der Waals surface area contributed by atoms with Crippen LogP contribution in [-0.4, -0.2) is 29.4 Å². The van der Waals surface area contributed by atoms with Gasteiger partial charge in [0, 0.05) is 18.2 Å². The van der Waals surface area contributed by atoms with Crippen molar-refractivity contribution in [3.05, 3.63) is 64.2 Å². The first-order valence-electron chi connectivity index (χ1n) is 9.10. The molecule has 0 aromatic heterocycles. The van der Waals surface area contributed by atoms with Gasteiger partial charge in [-0.1, -0.05) is 25.0 Å². The number of rotatable bonds is 7. The first-order chi connectivity index (χ1) is 13.5. The third-order valence-corrected chi connectivity index (χ3v) is 4.55. The molecular formula is C20H21N3O5. The zero-order valence-corrected chi connectivity index (χ0v) is 15.2. The van der Waals surface area contributed by atoms with Gasteiger partial charge in [-0.2, -0.15) is 0 Å². The van der Waals surface area contributed by atoms with Crippen molar-refractivity contribution in [1.29, 1.82) is 0 Å². The lowest BCUT2D eigenvalue weighted by Crippen LogP contribution is -2.33. The average molecular weight is 383 g/mol. The number of amides is 2. The van der Waals surface area contributed by atoms with E-state index in [1.165, 1.54) is 24.3 Å². The molecule has 146 valence electrons. The fourth-order valence-electron chi connectivity index (χ4n) is 3.12. The fourth-order valence-corrected chi connectivity index (χ4v) is 3.12. The molecule has 0 atom stereocenters. The van der Waals surface area contributed by atoms with E-state index in [9.17, 15) is 19.7 Å². The van der Waals surface area contributed by atoms with Gasteiger partial charge in [-0.05, 0) is 37.1 Å². The van der Waals surface area contributed by atoms with Gasteiger partial charge in [0.2, 0.25) is 0 Å². The number of hydrogen-bond acceptors (Lipinski definition) is 5. The highest BCUT2D eigenvalue weighted by atomic mass is 16.6. The standard InChI is InChI=1S/C20H21N3O5/c24-19(13-28-16-11-9-15(10-12-16)23(26)27)22-18-8-4-3-7-17(18)20(25)21-14-5-1-2-6-14/h3-4,7-12,14H,1-2,5-6,13H2,(H,21,25)(H,22,24). The Hall–Kier alpha value is -3.42. The van der Waals surface area contributed by atoms with Crippen LogP contribution >= 0.6 is 0 Å². The van der Waals surface area contributed by atoms with Gasteiger partial charge in [0.15, 0.2) is 6.61 Å². The van der Waals surface area contributed by atoms with Crippen LogP contribution in [0.1, 0.15) is 36.0 Å². The summed E-state index contributed by atoms with van der Waals surface area (Å²) in [4.78, 5) is 34.9. The number of nitro groups is 1. The predicted octanol–water partition coefficient (Wildman–Crippen LogP) is 3.28. The molecule has 8 heteroatoms. The van der Waals surface area contributed by atoms with Crippen LogP contribution in [0.2, 0.25) is 0 Å². The maximum atomic E-state index is 12.5. The number of benzene rings is 2. The Labute approximate surface area is 162 Å². The Balaban J connectivity index is 1.57. The summed E-state index contributed by atoms with van der Waals surface area (Å²) in [5, 5.41) is 16.3. The molecule has 0 heterocycles. The van der Waals surface area contributed by atoms with Crippen molar-refractivity contribution >= 4 is 23.2 Å². The first kappa shape index (κ1) is 19.3. The number of ether oxygens (including phenoxy) is 1. The van der Waals surface area contributed by atoms with Crippen molar-refractivity contribution < 1.29 is 19.2 Å². The highest BCUT2D eigenvalue weighted by molar-refractivity contribution is 6.04. The number of nitrogens with zero attached hydrogens (tertiary/aromatic N) is 1. The van der Waals surface area contributed by atoms with Crippen LogP contribution in [0, 0.1) is 10.1 Å². The van der Waals surface area contributed by atoms with Crippen LogP contribution in [0.4, 0.5) is 11.4 Å². The number of carbonyl (C=O) groups is 2. The second-order valence-corrected chi connectivity index (χ2v) is 6.59. The molecule has 8 nitrogen and oxygen atoms in total. The molecule has 1 aliphatic carbocycles. The van der Waals surface area contributed by atoms with Crippen LogP contribution in [-0.2, 0) is 4.79 Å². The summed E-state index contributed by atoms with van der Waals surface area (Å²) in [6.45, 7) is -0.281. The number of non-ortho nitro benzene ring substituents is 1. The minimum Gasteiger partial charge on any atom is -0.484 e. The summed E-state index contributed by atoms with van der Waals surface area (Å²) >= 11 is 0. The molecule has 0 radical (unpaired) electrons. The molecule has 0 aliphatic heterocycles. The van der Waals surface area contributed by atoms with Crippen molar-refractivity contribution in [3.63, 3.8) is 0 Å². The van der Waals surface area contributed by atoms with E-state index in [0.29, 0.717) is 17.0 Å². The highest BCUT2D eigenvalue weighted by Crippen LogP contribution is 2.21. The number of hydrogen-bond donors (Lipinski definition) is 2. The number of nitro benzene ring substituents is 1. The number of carbonyl (C=O) groups excluding carboxylic acids is 2. The van der Waals surface area contributed by atoms with E-state index in [-0.39, 0.29) is 24.2 Å². The molecule has 28 heavy (non-hydrogen) atoms. The van der Waals surface area contributed by atoms with Crippen molar-refractivity contribution in [2.45, 2.75) is 31.7 Å². The van der Waals surface area contributed by atoms with Crippen LogP contribution < -0.4 is 15.4 Å². The maximum Gasteiger partial charge on any atom is 0.269 e. The van der Waals surface area contributed by atoms with E-state index < -0.39 is 10.8 Å². The number of nitrogens with one attached hydrogen (secondary N) is 2. The third-order valence-electron chi connectivity index (χ3n) is 4.55. The van der Waals surface area contributed by atoms with Crippen LogP contribution in [0.3, 0.4) is 0 Å². The Bertz CT molecular complexity index is 860. The normalized spacial score (nSPS) is 13.7. The molecule has 0 spiro atoms. The van der Waals surface area contributed by atoms with Crippen molar-refractivity contribution in [3.8, 4) is 5.75 Å². The zero-order chi connectivity index (χ0) is 19.9. The minimum absolute atomic E-state index is 0.0565. The SMILES string of the molecule is O=C(COc1ccc([N+](=O)[O-])cc1)Nc1ccccc1C(=O)NC1CCCC1. The van der Waals surface area contributed by atoms with E-state index >= 15 is 0 Å². The summed E-state index contributed by atoms with van der Waals surface area (Å²) in [6.07, 6.45) is 4.18. The van der Waals surface area contributed by atoms with Crippen molar-refractivity contribution in [2.24, 2.45) is 0 Å². The van der Waals surface area contributed by atoms with E-state index in [1.54, 1.807) is 24.3 Å². The van der Waals surface area contributed by atoms with Crippen molar-refractivity contribution in [2.75, 3.05) is 11.9 Å². The molecule has 0 unspecified atom stereocenters. The zero-order valence-electron chi connectivity index (χ0n) is 15.2. The minimum atomic E-state index is -0.510. The van der Waals surface area contributed by atoms with E-state index in [0.717, 1.165) is 25.7 Å². The summed E-state index contributed by atoms with van der Waals surface area (Å²) in [6, 6.07) is 12.4. The van der Waals surface area contributed by atoms with Gasteiger partial charge in [-0.15, -0.1) is 0 Å². The Morgan fingerprint density at radius 1 is 1.07 bits per heavy atom. The lowest BCUT2D eigenvalue weighted by molar-refractivity contribution is -0.384. The van der Waals surface area contributed by atoms with Gasteiger partial charge in [0.1, 0.15) is 5.75 Å². The second-order valence-electron chi connectivity index (χ2n) is 6.59. The fraction of sp³-hybridized carbons (Fsp3) is 0.300. The van der Waals surface area contributed by atoms with E-state index in [4.69, 9.17) is 4.74 Å². The van der Waals surface area contributed by atoms with Gasteiger partial charge in [0.25, 0.3) is 17.5 Å². The highest BCUT2D eigenvalue weighted by Gasteiger charge is 2.20. The predicted molar refractivity (Wildman–Crippen MR) is 103 cm³/mol. The van der Waals surface area contributed by atoms with Gasteiger partial charge < -0.3 is 15.4 Å². The van der Waals surface area contributed by atoms with Crippen LogP contribution in [0.5, 0.6) is 5.75 Å². The molecule has 2 N–H and O–H groups in total.